The van der Waals surface area contributed by atoms with Crippen LogP contribution in [0.25, 0.3) is 0 Å². The van der Waals surface area contributed by atoms with Gasteiger partial charge in [0.15, 0.2) is 0 Å². The molecular weight excluding hydrogens is 244 g/mol. The maximum Gasteiger partial charge on any atom is 0.305 e. The van der Waals surface area contributed by atoms with Gasteiger partial charge >= 0.3 is 5.97 Å². The highest BCUT2D eigenvalue weighted by Gasteiger charge is 2.32. The molecule has 3 N–H and O–H groups in total. The molecule has 5 heteroatoms. The van der Waals surface area contributed by atoms with Gasteiger partial charge in [-0.25, -0.2) is 0 Å². The van der Waals surface area contributed by atoms with Gasteiger partial charge in [-0.3, -0.25) is 9.59 Å². The number of carbonyl (C=O) groups excluding carboxylic acids is 1. The summed E-state index contributed by atoms with van der Waals surface area (Å²) in [5, 5.41) is 15.0. The predicted molar refractivity (Wildman–Crippen MR) is 73.8 cm³/mol. The summed E-state index contributed by atoms with van der Waals surface area (Å²) < 4.78 is 0. The quantitative estimate of drug-likeness (QED) is 0.721. The maximum absolute atomic E-state index is 12.2. The second kappa shape index (κ2) is 6.37. The lowest BCUT2D eigenvalue weighted by Gasteiger charge is -2.33. The molecule has 3 unspecified atom stereocenters. The first-order valence-electron chi connectivity index (χ1n) is 6.95. The molecule has 5 nitrogen and oxygen atoms in total. The van der Waals surface area contributed by atoms with E-state index in [0.29, 0.717) is 5.92 Å². The zero-order valence-corrected chi connectivity index (χ0v) is 12.3. The molecule has 1 heterocycles. The first kappa shape index (κ1) is 16.0. The topological polar surface area (TPSA) is 78.4 Å². The van der Waals surface area contributed by atoms with Crippen molar-refractivity contribution in [3.05, 3.63) is 0 Å². The number of nitrogens with one attached hydrogen (secondary N) is 2. The lowest BCUT2D eigenvalue weighted by atomic mass is 9.84. The number of carboxylic acids is 1. The lowest BCUT2D eigenvalue weighted by Crippen LogP contribution is -2.54. The lowest BCUT2D eigenvalue weighted by molar-refractivity contribution is -0.138. The Kier molecular flexibility index (Phi) is 5.35. The van der Waals surface area contributed by atoms with Gasteiger partial charge in [-0.15, -0.1) is 0 Å². The van der Waals surface area contributed by atoms with Crippen LogP contribution < -0.4 is 10.6 Å². The Morgan fingerprint density at radius 2 is 2.05 bits per heavy atom. The van der Waals surface area contributed by atoms with Crippen LogP contribution in [0.3, 0.4) is 0 Å². The highest BCUT2D eigenvalue weighted by Crippen LogP contribution is 2.23. The van der Waals surface area contributed by atoms with Crippen LogP contribution in [-0.2, 0) is 9.59 Å². The molecule has 0 radical (unpaired) electrons. The molecule has 1 rings (SSSR count). The summed E-state index contributed by atoms with van der Waals surface area (Å²) in [6.45, 7) is 8.81. The SMILES string of the molecule is CC1CCNC(C(=O)NC(CC(=O)O)C(C)(C)C)C1. The van der Waals surface area contributed by atoms with E-state index in [-0.39, 0.29) is 29.8 Å². The Morgan fingerprint density at radius 1 is 1.42 bits per heavy atom. The Hall–Kier alpha value is -1.10. The van der Waals surface area contributed by atoms with E-state index in [1.54, 1.807) is 0 Å². The van der Waals surface area contributed by atoms with E-state index in [0.717, 1.165) is 19.4 Å². The molecule has 0 spiro atoms. The van der Waals surface area contributed by atoms with Crippen molar-refractivity contribution in [2.45, 2.75) is 59.0 Å². The Balaban J connectivity index is 2.62. The molecule has 110 valence electrons. The maximum atomic E-state index is 12.2. The van der Waals surface area contributed by atoms with Gasteiger partial charge < -0.3 is 15.7 Å². The average molecular weight is 270 g/mol. The van der Waals surface area contributed by atoms with E-state index < -0.39 is 5.97 Å². The summed E-state index contributed by atoms with van der Waals surface area (Å²) in [6, 6.07) is -0.543. The monoisotopic (exact) mass is 270 g/mol. The van der Waals surface area contributed by atoms with Crippen LogP contribution in [0.15, 0.2) is 0 Å². The van der Waals surface area contributed by atoms with Gasteiger partial charge in [0.1, 0.15) is 0 Å². The normalized spacial score (nSPS) is 25.7. The molecule has 3 atom stereocenters. The smallest absolute Gasteiger partial charge is 0.305 e. The fourth-order valence-corrected chi connectivity index (χ4v) is 2.33. The highest BCUT2D eigenvalue weighted by atomic mass is 16.4. The molecular formula is C14H26N2O3. The van der Waals surface area contributed by atoms with Crippen LogP contribution in [-0.4, -0.2) is 35.6 Å². The van der Waals surface area contributed by atoms with Gasteiger partial charge in [0.25, 0.3) is 0 Å². The van der Waals surface area contributed by atoms with Crippen molar-refractivity contribution < 1.29 is 14.7 Å². The van der Waals surface area contributed by atoms with Gasteiger partial charge in [-0.1, -0.05) is 27.7 Å². The second-order valence-corrected chi connectivity index (χ2v) is 6.66. The highest BCUT2D eigenvalue weighted by molar-refractivity contribution is 5.82. The van der Waals surface area contributed by atoms with Crippen LogP contribution >= 0.6 is 0 Å². The van der Waals surface area contributed by atoms with Gasteiger partial charge in [0, 0.05) is 6.04 Å². The predicted octanol–water partition coefficient (Wildman–Crippen LogP) is 1.38. The number of piperidine rings is 1. The first-order chi connectivity index (χ1) is 8.70. The van der Waals surface area contributed by atoms with E-state index in [1.165, 1.54) is 0 Å². The largest absolute Gasteiger partial charge is 0.481 e. The van der Waals surface area contributed by atoms with Gasteiger partial charge in [-0.05, 0) is 30.7 Å². The zero-order chi connectivity index (χ0) is 14.6. The number of carboxylic acid groups (broad SMARTS) is 1. The molecule has 1 amide bonds. The van der Waals surface area contributed by atoms with Crippen molar-refractivity contribution in [3.8, 4) is 0 Å². The fraction of sp³-hybridized carbons (Fsp3) is 0.857. The van der Waals surface area contributed by atoms with Gasteiger partial charge in [0.2, 0.25) is 5.91 Å². The summed E-state index contributed by atoms with van der Waals surface area (Å²) in [6.07, 6.45) is 1.86. The van der Waals surface area contributed by atoms with Gasteiger partial charge in [0.05, 0.1) is 12.5 Å². The molecule has 1 saturated heterocycles. The number of carbonyl (C=O) groups is 2. The van der Waals surface area contributed by atoms with Crippen molar-refractivity contribution in [3.63, 3.8) is 0 Å². The summed E-state index contributed by atoms with van der Waals surface area (Å²) in [5.41, 5.74) is -0.270. The van der Waals surface area contributed by atoms with Crippen molar-refractivity contribution in [1.29, 1.82) is 0 Å². The Bertz CT molecular complexity index is 336. The fourth-order valence-electron chi connectivity index (χ4n) is 2.33. The minimum atomic E-state index is -0.884. The molecule has 1 aliphatic rings. The minimum absolute atomic E-state index is 0.0441. The van der Waals surface area contributed by atoms with Crippen LogP contribution in [0, 0.1) is 11.3 Å². The summed E-state index contributed by atoms with van der Waals surface area (Å²) >= 11 is 0. The third-order valence-electron chi connectivity index (χ3n) is 3.72. The van der Waals surface area contributed by atoms with Crippen LogP contribution in [0.1, 0.15) is 47.0 Å². The molecule has 19 heavy (non-hydrogen) atoms. The molecule has 0 aromatic carbocycles. The van der Waals surface area contributed by atoms with Crippen molar-refractivity contribution >= 4 is 11.9 Å². The Morgan fingerprint density at radius 3 is 2.53 bits per heavy atom. The van der Waals surface area contributed by atoms with E-state index >= 15 is 0 Å². The van der Waals surface area contributed by atoms with Crippen molar-refractivity contribution in [2.75, 3.05) is 6.54 Å². The van der Waals surface area contributed by atoms with E-state index in [9.17, 15) is 9.59 Å². The molecule has 0 saturated carbocycles. The van der Waals surface area contributed by atoms with Crippen LogP contribution in [0.4, 0.5) is 0 Å². The van der Waals surface area contributed by atoms with Crippen LogP contribution in [0.2, 0.25) is 0 Å². The molecule has 0 aliphatic carbocycles. The van der Waals surface area contributed by atoms with Crippen molar-refractivity contribution in [1.82, 2.24) is 10.6 Å². The standard InChI is InChI=1S/C14H26N2O3/c1-9-5-6-15-10(7-9)13(19)16-11(8-12(17)18)14(2,3)4/h9-11,15H,5-8H2,1-4H3,(H,16,19)(H,17,18). The first-order valence-corrected chi connectivity index (χ1v) is 6.95. The summed E-state index contributed by atoms with van der Waals surface area (Å²) in [4.78, 5) is 23.1. The number of hydrogen-bond donors (Lipinski definition) is 3. The molecule has 1 fully saturated rings. The van der Waals surface area contributed by atoms with E-state index in [4.69, 9.17) is 5.11 Å². The molecule has 0 aromatic heterocycles. The number of aliphatic carboxylic acids is 1. The second-order valence-electron chi connectivity index (χ2n) is 6.66. The van der Waals surface area contributed by atoms with Gasteiger partial charge in [-0.2, -0.15) is 0 Å². The van der Waals surface area contributed by atoms with E-state index in [2.05, 4.69) is 17.6 Å². The third-order valence-corrected chi connectivity index (χ3v) is 3.72. The number of rotatable bonds is 4. The summed E-state index contributed by atoms with van der Waals surface area (Å²) in [5.74, 6) is -0.428. The number of amides is 1. The van der Waals surface area contributed by atoms with Crippen molar-refractivity contribution in [2.24, 2.45) is 11.3 Å². The molecule has 0 bridgehead atoms. The van der Waals surface area contributed by atoms with Crippen LogP contribution in [0.5, 0.6) is 0 Å². The zero-order valence-electron chi connectivity index (χ0n) is 12.3. The number of hydrogen-bond acceptors (Lipinski definition) is 3. The van der Waals surface area contributed by atoms with E-state index in [1.807, 2.05) is 20.8 Å². The molecule has 1 aliphatic heterocycles. The molecule has 0 aromatic rings. The summed E-state index contributed by atoms with van der Waals surface area (Å²) in [7, 11) is 0. The average Bonchev–Trinajstić information content (AvgIpc) is 2.26. The third kappa shape index (κ3) is 5.19. The Labute approximate surface area is 115 Å². The minimum Gasteiger partial charge on any atom is -0.481 e.